The Hall–Kier alpha value is -1.56. The number of carboxylic acid groups (broad SMARTS) is 1. The van der Waals surface area contributed by atoms with Crippen molar-refractivity contribution >= 4 is 23.5 Å². The predicted octanol–water partition coefficient (Wildman–Crippen LogP) is 1.93. The van der Waals surface area contributed by atoms with Crippen molar-refractivity contribution in [2.24, 2.45) is 5.41 Å². The third kappa shape index (κ3) is 2.80. The number of hydrogen-bond acceptors (Lipinski definition) is 4. The Morgan fingerprint density at radius 2 is 2.05 bits per heavy atom. The first-order valence-corrected chi connectivity index (χ1v) is 6.75. The predicted molar refractivity (Wildman–Crippen MR) is 73.8 cm³/mol. The molecule has 6 nitrogen and oxygen atoms in total. The van der Waals surface area contributed by atoms with Gasteiger partial charge in [-0.1, -0.05) is 18.5 Å². The maximum atomic E-state index is 11.8. The van der Waals surface area contributed by atoms with Crippen molar-refractivity contribution in [3.8, 4) is 0 Å². The number of carboxylic acids is 1. The van der Waals surface area contributed by atoms with Crippen LogP contribution in [0, 0.1) is 5.41 Å². The van der Waals surface area contributed by atoms with Crippen LogP contribution in [-0.4, -0.2) is 33.9 Å². The Balaban J connectivity index is 3.28. The van der Waals surface area contributed by atoms with Crippen molar-refractivity contribution in [1.29, 1.82) is 0 Å². The molecule has 20 heavy (non-hydrogen) atoms. The van der Waals surface area contributed by atoms with Crippen LogP contribution in [0.5, 0.6) is 0 Å². The lowest BCUT2D eigenvalue weighted by Gasteiger charge is -2.22. The van der Waals surface area contributed by atoms with Crippen molar-refractivity contribution in [2.75, 3.05) is 7.11 Å². The molecule has 0 aliphatic heterocycles. The Morgan fingerprint density at radius 1 is 1.45 bits per heavy atom. The second kappa shape index (κ2) is 6.26. The molecule has 0 aliphatic carbocycles. The summed E-state index contributed by atoms with van der Waals surface area (Å²) in [5, 5.41) is 14.1. The number of carbonyl (C=O) groups excluding carboxylic acids is 1. The lowest BCUT2D eigenvalue weighted by Crippen LogP contribution is -2.40. The molecule has 112 valence electrons. The van der Waals surface area contributed by atoms with Gasteiger partial charge in [0.1, 0.15) is 0 Å². The number of esters is 1. The molecule has 1 atom stereocenters. The van der Waals surface area contributed by atoms with Crippen LogP contribution in [0.4, 0.5) is 0 Å². The molecule has 0 radical (unpaired) electrons. The number of hydrogen-bond donors (Lipinski definition) is 1. The minimum atomic E-state index is -1.68. The maximum Gasteiger partial charge on any atom is 0.323 e. The summed E-state index contributed by atoms with van der Waals surface area (Å²) < 4.78 is 6.23. The fraction of sp³-hybridized carbons (Fsp3) is 0.615. The number of aliphatic carboxylic acids is 1. The first-order valence-electron chi connectivity index (χ1n) is 6.37. The van der Waals surface area contributed by atoms with Crippen LogP contribution in [0.2, 0.25) is 5.02 Å². The quantitative estimate of drug-likeness (QED) is 0.641. The van der Waals surface area contributed by atoms with Crippen molar-refractivity contribution < 1.29 is 19.4 Å². The molecule has 1 aromatic rings. The molecule has 1 N–H and O–H groups in total. The summed E-state index contributed by atoms with van der Waals surface area (Å²) in [6.07, 6.45) is 0.579. The number of methoxy groups -OCH3 is 1. The number of rotatable bonds is 6. The average molecular weight is 303 g/mol. The largest absolute Gasteiger partial charge is 0.480 e. The van der Waals surface area contributed by atoms with Gasteiger partial charge in [-0.25, -0.2) is 0 Å². The fourth-order valence-electron chi connectivity index (χ4n) is 1.98. The topological polar surface area (TPSA) is 81.4 Å². The smallest absolute Gasteiger partial charge is 0.323 e. The van der Waals surface area contributed by atoms with E-state index in [0.29, 0.717) is 29.4 Å². The van der Waals surface area contributed by atoms with Gasteiger partial charge >= 0.3 is 11.9 Å². The van der Waals surface area contributed by atoms with Crippen LogP contribution in [0.3, 0.4) is 0 Å². The van der Waals surface area contributed by atoms with Gasteiger partial charge in [0.2, 0.25) is 0 Å². The number of ether oxygens (including phenoxy) is 1. The summed E-state index contributed by atoms with van der Waals surface area (Å²) >= 11 is 6.24. The zero-order valence-corrected chi connectivity index (χ0v) is 12.8. The third-order valence-electron chi connectivity index (χ3n) is 3.32. The summed E-state index contributed by atoms with van der Waals surface area (Å²) in [6.45, 7) is 5.67. The van der Waals surface area contributed by atoms with Gasteiger partial charge in [0.25, 0.3) is 0 Å². The van der Waals surface area contributed by atoms with Crippen LogP contribution in [-0.2, 0) is 33.7 Å². The van der Waals surface area contributed by atoms with E-state index in [9.17, 15) is 14.7 Å². The van der Waals surface area contributed by atoms with Crippen molar-refractivity contribution in [2.45, 2.75) is 40.2 Å². The van der Waals surface area contributed by atoms with E-state index in [1.54, 1.807) is 4.68 Å². The van der Waals surface area contributed by atoms with E-state index in [4.69, 9.17) is 11.6 Å². The van der Waals surface area contributed by atoms with Crippen LogP contribution in [0.15, 0.2) is 0 Å². The van der Waals surface area contributed by atoms with Crippen LogP contribution >= 0.6 is 11.6 Å². The normalized spacial score (nSPS) is 13.8. The van der Waals surface area contributed by atoms with E-state index < -0.39 is 17.4 Å². The molecule has 0 saturated heterocycles. The van der Waals surface area contributed by atoms with Gasteiger partial charge < -0.3 is 9.84 Å². The van der Waals surface area contributed by atoms with E-state index in [1.807, 2.05) is 13.8 Å². The molecule has 1 rings (SSSR count). The van der Waals surface area contributed by atoms with Gasteiger partial charge in [0, 0.05) is 13.0 Å². The number of aryl methyl sites for hydroxylation is 2. The second-order valence-corrected chi connectivity index (χ2v) is 5.06. The van der Waals surface area contributed by atoms with Gasteiger partial charge in [-0.2, -0.15) is 5.10 Å². The number of nitrogens with zero attached hydrogens (tertiary/aromatic N) is 2. The molecule has 1 unspecified atom stereocenters. The van der Waals surface area contributed by atoms with E-state index in [-0.39, 0.29) is 6.42 Å². The number of halogens is 1. The molecule has 0 spiro atoms. The average Bonchev–Trinajstić information content (AvgIpc) is 2.73. The molecule has 1 aromatic heterocycles. The van der Waals surface area contributed by atoms with E-state index in [0.717, 1.165) is 0 Å². The minimum absolute atomic E-state index is 0.0608. The second-order valence-electron chi connectivity index (χ2n) is 4.68. The Bertz CT molecular complexity index is 527. The standard InChI is InChI=1S/C13H19ClN2O4/c1-5-8-10(14)9(16(6-2)15-8)7-13(3,11(17)18)12(19)20-4/h5-7H2,1-4H3,(H,17,18). The molecule has 7 heteroatoms. The highest BCUT2D eigenvalue weighted by Gasteiger charge is 2.44. The summed E-state index contributed by atoms with van der Waals surface area (Å²) in [5.41, 5.74) is -0.446. The highest BCUT2D eigenvalue weighted by atomic mass is 35.5. The lowest BCUT2D eigenvalue weighted by molar-refractivity contribution is -0.165. The molecule has 0 aliphatic rings. The summed E-state index contributed by atoms with van der Waals surface area (Å²) in [5.74, 6) is -2.05. The van der Waals surface area contributed by atoms with Crippen LogP contribution in [0.1, 0.15) is 32.2 Å². The first kappa shape index (κ1) is 16.5. The zero-order chi connectivity index (χ0) is 15.5. The zero-order valence-electron chi connectivity index (χ0n) is 12.1. The van der Waals surface area contributed by atoms with E-state index in [1.165, 1.54) is 14.0 Å². The highest BCUT2D eigenvalue weighted by Crippen LogP contribution is 2.30. The molecule has 0 fully saturated rings. The summed E-state index contributed by atoms with van der Waals surface area (Å²) in [6, 6.07) is 0. The van der Waals surface area contributed by atoms with Gasteiger partial charge in [-0.3, -0.25) is 14.3 Å². The van der Waals surface area contributed by atoms with Crippen LogP contribution < -0.4 is 0 Å². The van der Waals surface area contributed by atoms with Crippen molar-refractivity contribution in [3.05, 3.63) is 16.4 Å². The Morgan fingerprint density at radius 3 is 2.45 bits per heavy atom. The minimum Gasteiger partial charge on any atom is -0.480 e. The molecule has 1 heterocycles. The monoisotopic (exact) mass is 302 g/mol. The first-order chi connectivity index (χ1) is 9.31. The molecular weight excluding hydrogens is 284 g/mol. The lowest BCUT2D eigenvalue weighted by atomic mass is 9.85. The summed E-state index contributed by atoms with van der Waals surface area (Å²) in [7, 11) is 1.17. The van der Waals surface area contributed by atoms with Crippen molar-refractivity contribution in [1.82, 2.24) is 9.78 Å². The van der Waals surface area contributed by atoms with Gasteiger partial charge in [-0.15, -0.1) is 0 Å². The molecule has 0 aromatic carbocycles. The maximum absolute atomic E-state index is 11.8. The van der Waals surface area contributed by atoms with Crippen LogP contribution in [0.25, 0.3) is 0 Å². The third-order valence-corrected chi connectivity index (χ3v) is 3.76. The van der Waals surface area contributed by atoms with E-state index in [2.05, 4.69) is 9.84 Å². The Labute approximate surface area is 122 Å². The van der Waals surface area contributed by atoms with Crippen molar-refractivity contribution in [3.63, 3.8) is 0 Å². The van der Waals surface area contributed by atoms with E-state index >= 15 is 0 Å². The fourth-order valence-corrected chi connectivity index (χ4v) is 2.32. The highest BCUT2D eigenvalue weighted by molar-refractivity contribution is 6.32. The number of carbonyl (C=O) groups is 2. The van der Waals surface area contributed by atoms with Gasteiger partial charge in [0.05, 0.1) is 23.5 Å². The SMILES string of the molecule is CCc1nn(CC)c(CC(C)(C(=O)O)C(=O)OC)c1Cl. The molecule has 0 amide bonds. The molecule has 0 saturated carbocycles. The van der Waals surface area contributed by atoms with Gasteiger partial charge in [0.15, 0.2) is 5.41 Å². The Kier molecular flexibility index (Phi) is 5.16. The molecule has 0 bridgehead atoms. The molecular formula is C13H19ClN2O4. The van der Waals surface area contributed by atoms with Gasteiger partial charge in [-0.05, 0) is 20.3 Å². The summed E-state index contributed by atoms with van der Waals surface area (Å²) in [4.78, 5) is 23.2. The number of aromatic nitrogens is 2.